The smallest absolute Gasteiger partial charge is 0.267 e. The zero-order valence-electron chi connectivity index (χ0n) is 11.3. The molecule has 6 nitrogen and oxygen atoms in total. The minimum atomic E-state index is -0.160. The van der Waals surface area contributed by atoms with Gasteiger partial charge in [0.2, 0.25) is 0 Å². The number of benzene rings is 1. The van der Waals surface area contributed by atoms with Gasteiger partial charge in [-0.3, -0.25) is 4.79 Å². The Morgan fingerprint density at radius 2 is 2.00 bits per heavy atom. The molecule has 0 unspecified atom stereocenters. The highest BCUT2D eigenvalue weighted by molar-refractivity contribution is 7.00. The summed E-state index contributed by atoms with van der Waals surface area (Å²) in [6.07, 6.45) is 1.58. The molecule has 1 aromatic carbocycles. The number of aromatic nitrogens is 4. The lowest BCUT2D eigenvalue weighted by Crippen LogP contribution is -2.22. The van der Waals surface area contributed by atoms with Crippen LogP contribution in [0.4, 0.5) is 0 Å². The number of fused-ring (bicyclic) bond motifs is 1. The van der Waals surface area contributed by atoms with Crippen molar-refractivity contribution < 1.29 is 4.42 Å². The van der Waals surface area contributed by atoms with E-state index >= 15 is 0 Å². The fraction of sp³-hybridized carbons (Fsp3) is 0.0667. The number of rotatable bonds is 3. The van der Waals surface area contributed by atoms with E-state index in [-0.39, 0.29) is 5.56 Å². The van der Waals surface area contributed by atoms with Crippen molar-refractivity contribution in [1.82, 2.24) is 18.5 Å². The molecule has 0 bridgehead atoms. The molecular weight excluding hydrogens is 300 g/mol. The van der Waals surface area contributed by atoms with Gasteiger partial charge in [0.05, 0.1) is 24.5 Å². The molecule has 4 rings (SSSR count). The molecule has 0 radical (unpaired) electrons. The van der Waals surface area contributed by atoms with Crippen LogP contribution in [-0.2, 0) is 6.54 Å². The predicted octanol–water partition coefficient (Wildman–Crippen LogP) is 2.56. The molecule has 108 valence electrons. The average Bonchev–Trinajstić information content (AvgIpc) is 3.19. The van der Waals surface area contributed by atoms with Gasteiger partial charge in [-0.25, -0.2) is 4.68 Å². The van der Waals surface area contributed by atoms with E-state index in [9.17, 15) is 4.79 Å². The topological polar surface area (TPSA) is 73.8 Å². The SMILES string of the molecule is O=c1ccc(-c2ccco2)nn1Cc1ccc2nsnc2c1. The fourth-order valence-electron chi connectivity index (χ4n) is 2.22. The quantitative estimate of drug-likeness (QED) is 0.581. The predicted molar refractivity (Wildman–Crippen MR) is 82.7 cm³/mol. The van der Waals surface area contributed by atoms with Crippen LogP contribution >= 0.6 is 11.7 Å². The molecule has 0 aliphatic rings. The van der Waals surface area contributed by atoms with Crippen LogP contribution in [0.2, 0.25) is 0 Å². The molecule has 22 heavy (non-hydrogen) atoms. The molecule has 0 saturated carbocycles. The summed E-state index contributed by atoms with van der Waals surface area (Å²) in [5.41, 5.74) is 3.11. The molecule has 0 fully saturated rings. The minimum absolute atomic E-state index is 0.160. The number of hydrogen-bond donors (Lipinski definition) is 0. The van der Waals surface area contributed by atoms with Gasteiger partial charge in [-0.15, -0.1) is 0 Å². The lowest BCUT2D eigenvalue weighted by Gasteiger charge is -2.06. The Morgan fingerprint density at radius 1 is 1.09 bits per heavy atom. The Balaban J connectivity index is 1.72. The largest absolute Gasteiger partial charge is 0.463 e. The number of nitrogens with zero attached hydrogens (tertiary/aromatic N) is 4. The molecule has 0 amide bonds. The normalized spacial score (nSPS) is 11.1. The van der Waals surface area contributed by atoms with E-state index in [0.717, 1.165) is 16.6 Å². The summed E-state index contributed by atoms with van der Waals surface area (Å²) in [4.78, 5) is 12.0. The molecule has 0 atom stereocenters. The van der Waals surface area contributed by atoms with E-state index in [1.807, 2.05) is 24.3 Å². The Bertz CT molecular complexity index is 988. The standard InChI is InChI=1S/C15H10N4O2S/c20-15-6-5-12(14-2-1-7-21-14)16-19(15)9-10-3-4-11-13(8-10)18-22-17-11/h1-8H,9H2. The van der Waals surface area contributed by atoms with Crippen molar-refractivity contribution in [2.45, 2.75) is 6.54 Å². The molecule has 0 spiro atoms. The number of hydrogen-bond acceptors (Lipinski definition) is 6. The van der Waals surface area contributed by atoms with Gasteiger partial charge in [0, 0.05) is 6.07 Å². The van der Waals surface area contributed by atoms with Crippen molar-refractivity contribution in [3.8, 4) is 11.5 Å². The second-order valence-electron chi connectivity index (χ2n) is 4.78. The maximum absolute atomic E-state index is 12.0. The van der Waals surface area contributed by atoms with E-state index in [2.05, 4.69) is 13.8 Å². The van der Waals surface area contributed by atoms with Gasteiger partial charge in [0.15, 0.2) is 5.76 Å². The molecule has 3 heterocycles. The molecule has 0 aliphatic heterocycles. The highest BCUT2D eigenvalue weighted by atomic mass is 32.1. The summed E-state index contributed by atoms with van der Waals surface area (Å²) in [5, 5.41) is 4.35. The maximum Gasteiger partial charge on any atom is 0.267 e. The Morgan fingerprint density at radius 3 is 2.86 bits per heavy atom. The summed E-state index contributed by atoms with van der Waals surface area (Å²) >= 11 is 1.18. The second kappa shape index (κ2) is 5.19. The number of furan rings is 1. The third kappa shape index (κ3) is 2.31. The van der Waals surface area contributed by atoms with Crippen molar-refractivity contribution in [3.63, 3.8) is 0 Å². The van der Waals surface area contributed by atoms with Crippen molar-refractivity contribution >= 4 is 22.8 Å². The van der Waals surface area contributed by atoms with Gasteiger partial charge in [0.25, 0.3) is 5.56 Å². The van der Waals surface area contributed by atoms with Crippen LogP contribution in [0.1, 0.15) is 5.56 Å². The van der Waals surface area contributed by atoms with Crippen LogP contribution in [0.5, 0.6) is 0 Å². The van der Waals surface area contributed by atoms with Gasteiger partial charge >= 0.3 is 0 Å². The molecular formula is C15H10N4O2S. The van der Waals surface area contributed by atoms with E-state index in [1.165, 1.54) is 22.5 Å². The Hall–Kier alpha value is -2.80. The Kier molecular flexibility index (Phi) is 3.05. The lowest BCUT2D eigenvalue weighted by atomic mass is 10.2. The van der Waals surface area contributed by atoms with E-state index in [4.69, 9.17) is 4.42 Å². The van der Waals surface area contributed by atoms with E-state index < -0.39 is 0 Å². The van der Waals surface area contributed by atoms with Gasteiger partial charge in [0.1, 0.15) is 16.7 Å². The van der Waals surface area contributed by atoms with Crippen molar-refractivity contribution in [2.24, 2.45) is 0 Å². The summed E-state index contributed by atoms with van der Waals surface area (Å²) in [7, 11) is 0. The first-order valence-electron chi connectivity index (χ1n) is 6.63. The first-order chi connectivity index (χ1) is 10.8. The summed E-state index contributed by atoms with van der Waals surface area (Å²) in [6.45, 7) is 0.376. The zero-order chi connectivity index (χ0) is 14.9. The molecule has 4 aromatic rings. The van der Waals surface area contributed by atoms with Gasteiger partial charge in [-0.2, -0.15) is 13.8 Å². The first kappa shape index (κ1) is 12.9. The minimum Gasteiger partial charge on any atom is -0.463 e. The molecule has 3 aromatic heterocycles. The third-order valence-corrected chi connectivity index (χ3v) is 3.85. The highest BCUT2D eigenvalue weighted by Gasteiger charge is 2.07. The zero-order valence-corrected chi connectivity index (χ0v) is 12.2. The van der Waals surface area contributed by atoms with Crippen LogP contribution in [-0.4, -0.2) is 18.5 Å². The molecule has 7 heteroatoms. The van der Waals surface area contributed by atoms with Gasteiger partial charge in [-0.05, 0) is 35.9 Å². The molecule has 0 N–H and O–H groups in total. The monoisotopic (exact) mass is 310 g/mol. The molecule has 0 aliphatic carbocycles. The van der Waals surface area contributed by atoms with Crippen LogP contribution in [0.25, 0.3) is 22.5 Å². The van der Waals surface area contributed by atoms with Crippen LogP contribution in [0, 0.1) is 0 Å². The van der Waals surface area contributed by atoms with E-state index in [1.54, 1.807) is 18.4 Å². The van der Waals surface area contributed by atoms with Gasteiger partial charge < -0.3 is 4.42 Å². The summed E-state index contributed by atoms with van der Waals surface area (Å²) < 4.78 is 15.1. The average molecular weight is 310 g/mol. The Labute approximate surface area is 129 Å². The van der Waals surface area contributed by atoms with E-state index in [0.29, 0.717) is 18.0 Å². The fourth-order valence-corrected chi connectivity index (χ4v) is 2.73. The summed E-state index contributed by atoms with van der Waals surface area (Å²) in [6, 6.07) is 12.5. The maximum atomic E-state index is 12.0. The van der Waals surface area contributed by atoms with Gasteiger partial charge in [-0.1, -0.05) is 6.07 Å². The van der Waals surface area contributed by atoms with Crippen LogP contribution < -0.4 is 5.56 Å². The van der Waals surface area contributed by atoms with Crippen molar-refractivity contribution in [2.75, 3.05) is 0 Å². The van der Waals surface area contributed by atoms with Crippen LogP contribution in [0.3, 0.4) is 0 Å². The highest BCUT2D eigenvalue weighted by Crippen LogP contribution is 2.16. The second-order valence-corrected chi connectivity index (χ2v) is 5.31. The first-order valence-corrected chi connectivity index (χ1v) is 7.36. The van der Waals surface area contributed by atoms with Crippen molar-refractivity contribution in [3.05, 3.63) is 64.6 Å². The third-order valence-electron chi connectivity index (χ3n) is 3.29. The van der Waals surface area contributed by atoms with Crippen LogP contribution in [0.15, 0.2) is 57.9 Å². The molecule has 0 saturated heterocycles. The summed E-state index contributed by atoms with van der Waals surface area (Å²) in [5.74, 6) is 0.632. The lowest BCUT2D eigenvalue weighted by molar-refractivity contribution is 0.569. The van der Waals surface area contributed by atoms with Crippen molar-refractivity contribution in [1.29, 1.82) is 0 Å².